The van der Waals surface area contributed by atoms with Gasteiger partial charge in [-0.1, -0.05) is 82.6 Å². The molecule has 29 heavy (non-hydrogen) atoms. The Morgan fingerprint density at radius 3 is 1.55 bits per heavy atom. The average molecular weight is 420 g/mol. The van der Waals surface area contributed by atoms with Gasteiger partial charge in [0.05, 0.1) is 5.69 Å². The minimum absolute atomic E-state index is 0.372. The highest BCUT2D eigenvalue weighted by molar-refractivity contribution is 5.46. The van der Waals surface area contributed by atoms with Gasteiger partial charge in [-0.25, -0.2) is 0 Å². The Hall–Kier alpha value is -1.20. The van der Waals surface area contributed by atoms with E-state index in [2.05, 4.69) is 43.8 Å². The summed E-state index contributed by atoms with van der Waals surface area (Å²) in [5.74, 6) is 0. The largest absolute Gasteiger partial charge is 0.382 e. The predicted octanol–water partition coefficient (Wildman–Crippen LogP) is 5.91. The topological polar surface area (TPSA) is 75.4 Å². The molecule has 180 valence electrons. The first-order valence-electron chi connectivity index (χ1n) is 11.9. The maximum Gasteiger partial charge on any atom is 0.248 e. The van der Waals surface area contributed by atoms with E-state index in [9.17, 15) is 9.59 Å². The van der Waals surface area contributed by atoms with Crippen LogP contribution < -0.4 is 21.9 Å². The van der Waals surface area contributed by atoms with Crippen LogP contribution in [0.3, 0.4) is 0 Å². The summed E-state index contributed by atoms with van der Waals surface area (Å²) in [6.07, 6.45) is 4.56. The van der Waals surface area contributed by atoms with Crippen LogP contribution in [0.2, 0.25) is 0 Å². The van der Waals surface area contributed by atoms with Crippen molar-refractivity contribution in [1.82, 2.24) is 4.90 Å². The van der Waals surface area contributed by atoms with Gasteiger partial charge in [-0.3, -0.25) is 9.59 Å². The van der Waals surface area contributed by atoms with Crippen molar-refractivity contribution in [2.45, 2.75) is 102 Å². The Kier molecular flexibility index (Phi) is 65.9. The molecule has 0 amide bonds. The Morgan fingerprint density at radius 1 is 0.828 bits per heavy atom. The second-order valence-electron chi connectivity index (χ2n) is 4.90. The monoisotopic (exact) mass is 419 g/mol. The van der Waals surface area contributed by atoms with E-state index in [1.807, 2.05) is 55.4 Å². The Bertz CT molecular complexity index is 400. The summed E-state index contributed by atoms with van der Waals surface area (Å²) in [6, 6.07) is 1.37. The lowest BCUT2D eigenvalue weighted by Crippen LogP contribution is -2.32. The summed E-state index contributed by atoms with van der Waals surface area (Å²) < 4.78 is 0. The molecule has 0 fully saturated rings. The number of nitrogens with one attached hydrogen (secondary N) is 1. The third kappa shape index (κ3) is 34.7. The maximum absolute atomic E-state index is 10.9. The molecule has 0 aliphatic heterocycles. The number of nitrogens with zero attached hydrogens (tertiary/aromatic N) is 1. The van der Waals surface area contributed by atoms with E-state index in [4.69, 9.17) is 0 Å². The van der Waals surface area contributed by atoms with E-state index in [0.717, 1.165) is 32.5 Å². The van der Waals surface area contributed by atoms with Gasteiger partial charge in [-0.2, -0.15) is 0 Å². The fourth-order valence-electron chi connectivity index (χ4n) is 1.67. The van der Waals surface area contributed by atoms with Crippen LogP contribution in [0, 0.1) is 0 Å². The standard InChI is InChI=1S/C12H20N2O2.C3H8.4C2H6.CH5N/c1-3-7-14(2)8-5-4-6-13-10-9-11(15)12(10)16;1-3-2;5*1-2/h9,13H,3-8H2,1-2H3;3H2,1-2H3;4*1-2H3;2H2,1H3. The van der Waals surface area contributed by atoms with Crippen molar-refractivity contribution < 1.29 is 0 Å². The van der Waals surface area contributed by atoms with Crippen LogP contribution in [-0.4, -0.2) is 38.6 Å². The number of unbranched alkanes of at least 4 members (excludes halogenated alkanes) is 1. The number of hydrogen-bond donors (Lipinski definition) is 2. The number of hydrogen-bond acceptors (Lipinski definition) is 5. The van der Waals surface area contributed by atoms with Crippen LogP contribution in [0.1, 0.15) is 102 Å². The van der Waals surface area contributed by atoms with E-state index >= 15 is 0 Å². The minimum atomic E-state index is -0.384. The van der Waals surface area contributed by atoms with Crippen LogP contribution in [-0.2, 0) is 0 Å². The van der Waals surface area contributed by atoms with Gasteiger partial charge in [0, 0.05) is 12.6 Å². The maximum atomic E-state index is 10.9. The molecule has 5 heteroatoms. The average Bonchev–Trinajstić information content (AvgIpc) is 2.80. The molecule has 0 saturated heterocycles. The van der Waals surface area contributed by atoms with Gasteiger partial charge in [0.1, 0.15) is 0 Å². The molecule has 0 bridgehead atoms. The lowest BCUT2D eigenvalue weighted by Gasteiger charge is -2.15. The fourth-order valence-corrected chi connectivity index (χ4v) is 1.67. The van der Waals surface area contributed by atoms with Crippen molar-refractivity contribution in [3.8, 4) is 0 Å². The molecule has 0 unspecified atom stereocenters. The molecule has 0 aliphatic carbocycles. The molecule has 0 aliphatic rings. The van der Waals surface area contributed by atoms with Crippen molar-refractivity contribution in [3.05, 3.63) is 26.5 Å². The van der Waals surface area contributed by atoms with Crippen LogP contribution in [0.5, 0.6) is 0 Å². The first-order valence-corrected chi connectivity index (χ1v) is 11.9. The summed E-state index contributed by atoms with van der Waals surface area (Å²) in [5, 5.41) is 2.98. The van der Waals surface area contributed by atoms with Crippen molar-refractivity contribution in [2.75, 3.05) is 39.0 Å². The van der Waals surface area contributed by atoms with E-state index in [-0.39, 0.29) is 10.9 Å². The lowest BCUT2D eigenvalue weighted by atomic mass is 10.2. The second kappa shape index (κ2) is 45.5. The number of rotatable bonds is 8. The summed E-state index contributed by atoms with van der Waals surface area (Å²) in [4.78, 5) is 23.9. The SMILES string of the molecule is CC.CC.CC.CC.CCC.CCCN(C)CCCCNc1cc(=O)c1=O.CN. The molecule has 0 heterocycles. The molecule has 1 rings (SSSR count). The van der Waals surface area contributed by atoms with Crippen LogP contribution in [0.25, 0.3) is 0 Å². The first kappa shape index (κ1) is 42.0. The van der Waals surface area contributed by atoms with Gasteiger partial charge < -0.3 is 16.0 Å². The normalized spacial score (nSPS) is 7.83. The Labute approximate surface area is 184 Å². The zero-order chi connectivity index (χ0) is 24.7. The third-order valence-electron chi connectivity index (χ3n) is 2.63. The lowest BCUT2D eigenvalue weighted by molar-refractivity contribution is 0.328. The van der Waals surface area contributed by atoms with E-state index in [0.29, 0.717) is 5.69 Å². The molecule has 0 radical (unpaired) electrons. The smallest absolute Gasteiger partial charge is 0.248 e. The van der Waals surface area contributed by atoms with E-state index < -0.39 is 0 Å². The number of anilines is 1. The molecular weight excluding hydrogens is 362 g/mol. The van der Waals surface area contributed by atoms with Gasteiger partial charge in [0.15, 0.2) is 0 Å². The molecule has 0 spiro atoms. The van der Waals surface area contributed by atoms with Crippen molar-refractivity contribution >= 4 is 5.69 Å². The predicted molar refractivity (Wildman–Crippen MR) is 138 cm³/mol. The number of nitrogens with two attached hydrogens (primary N) is 1. The van der Waals surface area contributed by atoms with Gasteiger partial charge in [0.2, 0.25) is 10.9 Å². The highest BCUT2D eigenvalue weighted by Crippen LogP contribution is 1.98. The molecule has 0 saturated carbocycles. The van der Waals surface area contributed by atoms with Crippen molar-refractivity contribution in [2.24, 2.45) is 5.73 Å². The summed E-state index contributed by atoms with van der Waals surface area (Å²) in [6.45, 7) is 25.4. The second-order valence-corrected chi connectivity index (χ2v) is 4.90. The molecule has 3 N–H and O–H groups in total. The summed E-state index contributed by atoms with van der Waals surface area (Å²) in [7, 11) is 3.62. The summed E-state index contributed by atoms with van der Waals surface area (Å²) >= 11 is 0. The van der Waals surface area contributed by atoms with Crippen LogP contribution in [0.15, 0.2) is 15.7 Å². The van der Waals surface area contributed by atoms with Gasteiger partial charge in [-0.15, -0.1) is 0 Å². The van der Waals surface area contributed by atoms with Gasteiger partial charge >= 0.3 is 0 Å². The zero-order valence-corrected chi connectivity index (χ0v) is 22.4. The van der Waals surface area contributed by atoms with Crippen LogP contribution >= 0.6 is 0 Å². The van der Waals surface area contributed by atoms with Crippen LogP contribution in [0.4, 0.5) is 5.69 Å². The molecule has 1 aromatic carbocycles. The van der Waals surface area contributed by atoms with Crippen molar-refractivity contribution in [1.29, 1.82) is 0 Å². The minimum Gasteiger partial charge on any atom is -0.382 e. The third-order valence-corrected chi connectivity index (χ3v) is 2.63. The van der Waals surface area contributed by atoms with Gasteiger partial charge in [0.25, 0.3) is 0 Å². The highest BCUT2D eigenvalue weighted by Gasteiger charge is 2.07. The van der Waals surface area contributed by atoms with Gasteiger partial charge in [-0.05, 0) is 46.4 Å². The highest BCUT2D eigenvalue weighted by atomic mass is 16.2. The zero-order valence-electron chi connectivity index (χ0n) is 22.4. The first-order chi connectivity index (χ1) is 14.1. The Balaban J connectivity index is -0.0000000858. The molecule has 0 atom stereocenters. The molecule has 0 aromatic heterocycles. The quantitative estimate of drug-likeness (QED) is 0.404. The fraction of sp³-hybridized carbons (Fsp3) is 0.833. The molecule has 5 nitrogen and oxygen atoms in total. The molecular formula is C24H57N3O2. The van der Waals surface area contributed by atoms with Crippen molar-refractivity contribution in [3.63, 3.8) is 0 Å². The Morgan fingerprint density at radius 2 is 1.24 bits per heavy atom. The van der Waals surface area contributed by atoms with E-state index in [1.165, 1.54) is 26.0 Å². The molecule has 1 aromatic rings. The van der Waals surface area contributed by atoms with E-state index in [1.54, 1.807) is 0 Å². The summed E-state index contributed by atoms with van der Waals surface area (Å²) in [5.41, 5.74) is 4.22.